The standard InChI is InChI=1S/C19H21ClN2O4S/c1-13-11-22(12-14(2)26-13)27(24,25)18-9-3-15(4-10-18)19(23)21-17-7-5-16(20)6-8-17/h3-10,13-14H,11-12H2,1-2H3,(H,21,23). The Morgan fingerprint density at radius 1 is 1.04 bits per heavy atom. The molecule has 0 saturated carbocycles. The number of nitrogens with one attached hydrogen (secondary N) is 1. The predicted octanol–water partition coefficient (Wildman–Crippen LogP) is 3.39. The number of sulfonamides is 1. The average Bonchev–Trinajstić information content (AvgIpc) is 2.63. The summed E-state index contributed by atoms with van der Waals surface area (Å²) in [5, 5.41) is 3.32. The maximum atomic E-state index is 12.8. The third-order valence-corrected chi connectivity index (χ3v) is 6.34. The van der Waals surface area contributed by atoms with Crippen molar-refractivity contribution in [2.45, 2.75) is 31.0 Å². The van der Waals surface area contributed by atoms with Gasteiger partial charge in [0.15, 0.2) is 0 Å². The van der Waals surface area contributed by atoms with Crippen LogP contribution in [0.2, 0.25) is 5.02 Å². The maximum absolute atomic E-state index is 12.8. The van der Waals surface area contributed by atoms with E-state index in [1.54, 1.807) is 24.3 Å². The zero-order valence-corrected chi connectivity index (χ0v) is 16.6. The zero-order valence-electron chi connectivity index (χ0n) is 15.1. The summed E-state index contributed by atoms with van der Waals surface area (Å²) in [5.74, 6) is -0.324. The summed E-state index contributed by atoms with van der Waals surface area (Å²) < 4.78 is 32.7. The van der Waals surface area contributed by atoms with E-state index in [9.17, 15) is 13.2 Å². The van der Waals surface area contributed by atoms with Crippen LogP contribution in [0.4, 0.5) is 5.69 Å². The summed E-state index contributed by atoms with van der Waals surface area (Å²) in [6, 6.07) is 12.7. The van der Waals surface area contributed by atoms with Crippen molar-refractivity contribution in [3.63, 3.8) is 0 Å². The van der Waals surface area contributed by atoms with Crippen molar-refractivity contribution in [2.24, 2.45) is 0 Å². The number of nitrogens with zero attached hydrogens (tertiary/aromatic N) is 1. The summed E-state index contributed by atoms with van der Waals surface area (Å²) in [5.41, 5.74) is 0.977. The van der Waals surface area contributed by atoms with Gasteiger partial charge in [0.05, 0.1) is 17.1 Å². The normalized spacial score (nSPS) is 21.0. The number of ether oxygens (including phenoxy) is 1. The van der Waals surface area contributed by atoms with Crippen molar-refractivity contribution in [1.82, 2.24) is 4.31 Å². The van der Waals surface area contributed by atoms with Gasteiger partial charge in [0, 0.05) is 29.4 Å². The molecule has 1 saturated heterocycles. The molecule has 1 aliphatic heterocycles. The van der Waals surface area contributed by atoms with E-state index in [1.165, 1.54) is 28.6 Å². The maximum Gasteiger partial charge on any atom is 0.255 e. The molecule has 0 radical (unpaired) electrons. The molecule has 0 aromatic heterocycles. The Hall–Kier alpha value is -1.93. The van der Waals surface area contributed by atoms with Crippen LogP contribution < -0.4 is 5.32 Å². The lowest BCUT2D eigenvalue weighted by Gasteiger charge is -2.34. The fraction of sp³-hybridized carbons (Fsp3) is 0.316. The molecule has 0 spiro atoms. The number of benzene rings is 2. The number of rotatable bonds is 4. The van der Waals surface area contributed by atoms with E-state index < -0.39 is 10.0 Å². The van der Waals surface area contributed by atoms with Crippen LogP contribution in [0.1, 0.15) is 24.2 Å². The van der Waals surface area contributed by atoms with Crippen molar-refractivity contribution in [3.8, 4) is 0 Å². The van der Waals surface area contributed by atoms with Gasteiger partial charge in [0.25, 0.3) is 5.91 Å². The van der Waals surface area contributed by atoms with Gasteiger partial charge in [-0.1, -0.05) is 11.6 Å². The van der Waals surface area contributed by atoms with Crippen molar-refractivity contribution >= 4 is 33.2 Å². The molecule has 0 aliphatic carbocycles. The molecule has 1 aliphatic rings. The summed E-state index contributed by atoms with van der Waals surface area (Å²) >= 11 is 5.83. The molecule has 2 aromatic rings. The van der Waals surface area contributed by atoms with E-state index in [1.807, 2.05) is 13.8 Å². The number of amides is 1. The zero-order chi connectivity index (χ0) is 19.6. The van der Waals surface area contributed by atoms with Crippen molar-refractivity contribution < 1.29 is 17.9 Å². The smallest absolute Gasteiger partial charge is 0.255 e. The van der Waals surface area contributed by atoms with Crippen LogP contribution >= 0.6 is 11.6 Å². The Morgan fingerprint density at radius 2 is 1.59 bits per heavy atom. The van der Waals surface area contributed by atoms with E-state index in [4.69, 9.17) is 16.3 Å². The fourth-order valence-electron chi connectivity index (χ4n) is 2.99. The second-order valence-electron chi connectivity index (χ2n) is 6.56. The van der Waals surface area contributed by atoms with Crippen molar-refractivity contribution in [1.29, 1.82) is 0 Å². The van der Waals surface area contributed by atoms with Gasteiger partial charge >= 0.3 is 0 Å². The molecule has 8 heteroatoms. The fourth-order valence-corrected chi connectivity index (χ4v) is 4.71. The Bertz CT molecular complexity index is 904. The van der Waals surface area contributed by atoms with Gasteiger partial charge in [-0.15, -0.1) is 0 Å². The van der Waals surface area contributed by atoms with Crippen LogP contribution in [-0.4, -0.2) is 43.9 Å². The highest BCUT2D eigenvalue weighted by atomic mass is 35.5. The van der Waals surface area contributed by atoms with E-state index in [2.05, 4.69) is 5.32 Å². The molecule has 27 heavy (non-hydrogen) atoms. The first-order valence-corrected chi connectivity index (χ1v) is 10.4. The van der Waals surface area contributed by atoms with Gasteiger partial charge < -0.3 is 10.1 Å². The summed E-state index contributed by atoms with van der Waals surface area (Å²) in [6.07, 6.45) is -0.319. The minimum absolute atomic E-state index is 0.159. The molecule has 2 unspecified atom stereocenters. The lowest BCUT2D eigenvalue weighted by molar-refractivity contribution is -0.0440. The molecular formula is C19H21ClN2O4S. The largest absolute Gasteiger partial charge is 0.373 e. The third-order valence-electron chi connectivity index (χ3n) is 4.24. The molecule has 3 rings (SSSR count). The van der Waals surface area contributed by atoms with Crippen LogP contribution in [0.25, 0.3) is 0 Å². The topological polar surface area (TPSA) is 75.7 Å². The number of hydrogen-bond donors (Lipinski definition) is 1. The molecule has 6 nitrogen and oxygen atoms in total. The average molecular weight is 409 g/mol. The highest BCUT2D eigenvalue weighted by Crippen LogP contribution is 2.22. The second-order valence-corrected chi connectivity index (χ2v) is 8.94. The Labute approximate surface area is 164 Å². The summed E-state index contributed by atoms with van der Waals surface area (Å²) in [6.45, 7) is 4.32. The van der Waals surface area contributed by atoms with Gasteiger partial charge in [-0.3, -0.25) is 4.79 Å². The minimum Gasteiger partial charge on any atom is -0.373 e. The molecule has 2 atom stereocenters. The first kappa shape index (κ1) is 19.8. The quantitative estimate of drug-likeness (QED) is 0.841. The SMILES string of the molecule is CC1CN(S(=O)(=O)c2ccc(C(=O)Nc3ccc(Cl)cc3)cc2)CC(C)O1. The lowest BCUT2D eigenvalue weighted by Crippen LogP contribution is -2.48. The van der Waals surface area contributed by atoms with E-state index in [0.29, 0.717) is 29.4 Å². The highest BCUT2D eigenvalue weighted by Gasteiger charge is 2.32. The van der Waals surface area contributed by atoms with Crippen molar-refractivity contribution in [3.05, 3.63) is 59.1 Å². The Balaban J connectivity index is 1.74. The summed E-state index contributed by atoms with van der Waals surface area (Å²) in [7, 11) is -3.63. The number of hydrogen-bond acceptors (Lipinski definition) is 4. The highest BCUT2D eigenvalue weighted by molar-refractivity contribution is 7.89. The predicted molar refractivity (Wildman–Crippen MR) is 105 cm³/mol. The minimum atomic E-state index is -3.63. The molecule has 1 N–H and O–H groups in total. The molecule has 0 bridgehead atoms. The van der Waals surface area contributed by atoms with Gasteiger partial charge in [-0.05, 0) is 62.4 Å². The Morgan fingerprint density at radius 3 is 2.15 bits per heavy atom. The first-order valence-electron chi connectivity index (χ1n) is 8.58. The van der Waals surface area contributed by atoms with Crippen LogP contribution in [0.15, 0.2) is 53.4 Å². The van der Waals surface area contributed by atoms with Crippen LogP contribution in [0.3, 0.4) is 0 Å². The van der Waals surface area contributed by atoms with Gasteiger partial charge in [-0.25, -0.2) is 8.42 Å². The van der Waals surface area contributed by atoms with Gasteiger partial charge in [0.2, 0.25) is 10.0 Å². The molecule has 1 amide bonds. The van der Waals surface area contributed by atoms with E-state index in [0.717, 1.165) is 0 Å². The second kappa shape index (κ2) is 7.98. The van der Waals surface area contributed by atoms with Crippen LogP contribution in [0.5, 0.6) is 0 Å². The van der Waals surface area contributed by atoms with E-state index >= 15 is 0 Å². The van der Waals surface area contributed by atoms with Gasteiger partial charge in [-0.2, -0.15) is 4.31 Å². The van der Waals surface area contributed by atoms with E-state index in [-0.39, 0.29) is 23.0 Å². The molecule has 1 heterocycles. The molecule has 2 aromatic carbocycles. The number of carbonyl (C=O) groups is 1. The molecular weight excluding hydrogens is 388 g/mol. The lowest BCUT2D eigenvalue weighted by atomic mass is 10.2. The van der Waals surface area contributed by atoms with Crippen LogP contribution in [-0.2, 0) is 14.8 Å². The van der Waals surface area contributed by atoms with Crippen molar-refractivity contribution in [2.75, 3.05) is 18.4 Å². The third kappa shape index (κ3) is 4.68. The number of morpholine rings is 1. The molecule has 1 fully saturated rings. The Kier molecular flexibility index (Phi) is 5.86. The summed E-state index contributed by atoms with van der Waals surface area (Å²) in [4.78, 5) is 12.5. The monoisotopic (exact) mass is 408 g/mol. The number of carbonyl (C=O) groups excluding carboxylic acids is 1. The van der Waals surface area contributed by atoms with Crippen LogP contribution in [0, 0.1) is 0 Å². The first-order chi connectivity index (χ1) is 12.8. The van der Waals surface area contributed by atoms with Gasteiger partial charge in [0.1, 0.15) is 0 Å². The number of anilines is 1. The molecule has 144 valence electrons. The number of halogens is 1.